The highest BCUT2D eigenvalue weighted by Gasteiger charge is 2.11. The van der Waals surface area contributed by atoms with Crippen LogP contribution in [0.3, 0.4) is 0 Å². The Hall–Kier alpha value is -3.72. The number of ether oxygens (including phenoxy) is 2. The van der Waals surface area contributed by atoms with Gasteiger partial charge in [0.2, 0.25) is 0 Å². The van der Waals surface area contributed by atoms with Crippen molar-refractivity contribution < 1.29 is 29.0 Å². The van der Waals surface area contributed by atoms with Crippen LogP contribution >= 0.6 is 0 Å². The van der Waals surface area contributed by atoms with E-state index in [-0.39, 0.29) is 18.7 Å². The number of methoxy groups -OCH3 is 1. The first-order valence-corrected chi connectivity index (χ1v) is 8.65. The van der Waals surface area contributed by atoms with Gasteiger partial charge in [0.05, 0.1) is 18.4 Å². The molecular formula is C20H21N3O6. The quantitative estimate of drug-likeness (QED) is 0.252. The fraction of sp³-hybridized carbons (Fsp3) is 0.200. The number of hydrogen-bond donors (Lipinski definition) is 3. The Morgan fingerprint density at radius 1 is 1.10 bits per heavy atom. The lowest BCUT2D eigenvalue weighted by atomic mass is 10.1. The average Bonchev–Trinajstić information content (AvgIpc) is 2.73. The molecule has 0 unspecified atom stereocenters. The van der Waals surface area contributed by atoms with Crippen LogP contribution < -0.4 is 15.5 Å². The van der Waals surface area contributed by atoms with Crippen molar-refractivity contribution in [2.45, 2.75) is 6.61 Å². The van der Waals surface area contributed by atoms with Gasteiger partial charge in [-0.25, -0.2) is 10.2 Å². The van der Waals surface area contributed by atoms with E-state index in [2.05, 4.69) is 15.8 Å². The lowest BCUT2D eigenvalue weighted by molar-refractivity contribution is -0.139. The van der Waals surface area contributed by atoms with Crippen LogP contribution in [0.5, 0.6) is 5.75 Å². The third-order valence-corrected chi connectivity index (χ3v) is 3.64. The molecule has 2 aromatic rings. The summed E-state index contributed by atoms with van der Waals surface area (Å²) in [6.07, 6.45) is 1.38. The van der Waals surface area contributed by atoms with Gasteiger partial charge in [-0.05, 0) is 35.4 Å². The smallest absolute Gasteiger partial charge is 0.335 e. The molecule has 0 aromatic heterocycles. The minimum absolute atomic E-state index is 0.210. The van der Waals surface area contributed by atoms with Crippen molar-refractivity contribution in [3.63, 3.8) is 0 Å². The summed E-state index contributed by atoms with van der Waals surface area (Å²) >= 11 is 0. The number of carbonyl (C=O) groups excluding carboxylic acids is 2. The van der Waals surface area contributed by atoms with Crippen LogP contribution in [-0.2, 0) is 20.9 Å². The summed E-state index contributed by atoms with van der Waals surface area (Å²) in [5.41, 5.74) is 3.82. The monoisotopic (exact) mass is 399 g/mol. The van der Waals surface area contributed by atoms with Crippen LogP contribution in [0.1, 0.15) is 21.5 Å². The zero-order valence-electron chi connectivity index (χ0n) is 15.8. The van der Waals surface area contributed by atoms with Gasteiger partial charge in [0.15, 0.2) is 0 Å². The number of carbonyl (C=O) groups is 3. The number of nitrogens with one attached hydrogen (secondary N) is 2. The second-order valence-electron chi connectivity index (χ2n) is 5.81. The molecule has 152 valence electrons. The Labute approximate surface area is 167 Å². The highest BCUT2D eigenvalue weighted by molar-refractivity contribution is 6.35. The number of hydrogen-bond acceptors (Lipinski definition) is 6. The molecule has 9 nitrogen and oxygen atoms in total. The molecule has 0 saturated heterocycles. The molecule has 0 atom stereocenters. The third kappa shape index (κ3) is 7.43. The fourth-order valence-corrected chi connectivity index (χ4v) is 2.16. The van der Waals surface area contributed by atoms with Gasteiger partial charge in [-0.2, -0.15) is 5.10 Å². The standard InChI is InChI=1S/C20H21N3O6/c1-28-10-9-21-18(24)19(25)23-22-12-15-3-2-4-17(11-15)29-13-14-5-7-16(8-6-14)20(26)27/h2-8,11-12H,9-10,13H2,1H3,(H,21,24)(H,23,25)(H,26,27)/b22-12-. The van der Waals surface area contributed by atoms with Gasteiger partial charge in [-0.1, -0.05) is 24.3 Å². The summed E-state index contributed by atoms with van der Waals surface area (Å²) in [5.74, 6) is -2.09. The first-order chi connectivity index (χ1) is 14.0. The Balaban J connectivity index is 1.85. The first-order valence-electron chi connectivity index (χ1n) is 8.65. The van der Waals surface area contributed by atoms with E-state index in [1.165, 1.54) is 25.5 Å². The zero-order chi connectivity index (χ0) is 21.1. The Morgan fingerprint density at radius 2 is 1.86 bits per heavy atom. The van der Waals surface area contributed by atoms with Crippen molar-refractivity contribution in [2.75, 3.05) is 20.3 Å². The number of rotatable bonds is 9. The van der Waals surface area contributed by atoms with Gasteiger partial charge in [0.25, 0.3) is 0 Å². The molecule has 0 fully saturated rings. The summed E-state index contributed by atoms with van der Waals surface area (Å²) in [4.78, 5) is 33.9. The molecular weight excluding hydrogens is 378 g/mol. The van der Waals surface area contributed by atoms with Crippen LogP contribution in [0.2, 0.25) is 0 Å². The fourth-order valence-electron chi connectivity index (χ4n) is 2.16. The highest BCUT2D eigenvalue weighted by atomic mass is 16.5. The second kappa shape index (κ2) is 11.2. The molecule has 0 aliphatic carbocycles. The SMILES string of the molecule is COCCNC(=O)C(=O)N/N=C\c1cccc(OCc2ccc(C(=O)O)cc2)c1. The maximum atomic E-state index is 11.6. The average molecular weight is 399 g/mol. The molecule has 2 aromatic carbocycles. The number of aromatic carboxylic acids is 1. The van der Waals surface area contributed by atoms with Crippen LogP contribution in [0.4, 0.5) is 0 Å². The molecule has 0 saturated carbocycles. The van der Waals surface area contributed by atoms with Crippen LogP contribution in [0.15, 0.2) is 53.6 Å². The van der Waals surface area contributed by atoms with Crippen LogP contribution in [0.25, 0.3) is 0 Å². The number of carboxylic acid groups (broad SMARTS) is 1. The summed E-state index contributed by atoms with van der Waals surface area (Å²) in [7, 11) is 1.49. The van der Waals surface area contributed by atoms with Gasteiger partial charge in [-0.15, -0.1) is 0 Å². The third-order valence-electron chi connectivity index (χ3n) is 3.64. The van der Waals surface area contributed by atoms with Gasteiger partial charge < -0.3 is 19.9 Å². The van der Waals surface area contributed by atoms with Crippen molar-refractivity contribution in [1.29, 1.82) is 0 Å². The van der Waals surface area contributed by atoms with E-state index >= 15 is 0 Å². The largest absolute Gasteiger partial charge is 0.489 e. The number of amides is 2. The van der Waals surface area contributed by atoms with Crippen molar-refractivity contribution in [3.05, 3.63) is 65.2 Å². The van der Waals surface area contributed by atoms with E-state index < -0.39 is 17.8 Å². The minimum Gasteiger partial charge on any atom is -0.489 e. The lowest BCUT2D eigenvalue weighted by Gasteiger charge is -2.07. The second-order valence-corrected chi connectivity index (χ2v) is 5.81. The molecule has 0 heterocycles. The maximum absolute atomic E-state index is 11.6. The normalized spacial score (nSPS) is 10.5. The highest BCUT2D eigenvalue weighted by Crippen LogP contribution is 2.14. The van der Waals surface area contributed by atoms with Gasteiger partial charge in [-0.3, -0.25) is 9.59 Å². The predicted molar refractivity (Wildman–Crippen MR) is 105 cm³/mol. The molecule has 29 heavy (non-hydrogen) atoms. The van der Waals surface area contributed by atoms with E-state index in [9.17, 15) is 14.4 Å². The number of nitrogens with zero attached hydrogens (tertiary/aromatic N) is 1. The molecule has 0 spiro atoms. The summed E-state index contributed by atoms with van der Waals surface area (Å²) in [5, 5.41) is 15.0. The van der Waals surface area contributed by atoms with Gasteiger partial charge >= 0.3 is 17.8 Å². The van der Waals surface area contributed by atoms with Gasteiger partial charge in [0, 0.05) is 13.7 Å². The molecule has 3 N–H and O–H groups in total. The molecule has 0 aliphatic rings. The van der Waals surface area contributed by atoms with Crippen molar-refractivity contribution in [3.8, 4) is 5.75 Å². The molecule has 0 bridgehead atoms. The van der Waals surface area contributed by atoms with Gasteiger partial charge in [0.1, 0.15) is 12.4 Å². The molecule has 0 radical (unpaired) electrons. The first kappa shape index (κ1) is 21.6. The minimum atomic E-state index is -0.982. The van der Waals surface area contributed by atoms with Crippen molar-refractivity contribution in [1.82, 2.24) is 10.7 Å². The van der Waals surface area contributed by atoms with Crippen LogP contribution in [0, 0.1) is 0 Å². The van der Waals surface area contributed by atoms with Crippen molar-refractivity contribution >= 4 is 24.0 Å². The Kier molecular flexibility index (Phi) is 8.33. The summed E-state index contributed by atoms with van der Waals surface area (Å²) in [6.45, 7) is 0.794. The van der Waals surface area contributed by atoms with E-state index in [4.69, 9.17) is 14.6 Å². The number of hydrazone groups is 1. The zero-order valence-corrected chi connectivity index (χ0v) is 15.8. The Morgan fingerprint density at radius 3 is 2.55 bits per heavy atom. The predicted octanol–water partition coefficient (Wildman–Crippen LogP) is 1.18. The van der Waals surface area contributed by atoms with E-state index in [1.807, 2.05) is 0 Å². The Bertz CT molecular complexity index is 880. The van der Waals surface area contributed by atoms with E-state index in [0.29, 0.717) is 17.9 Å². The number of benzene rings is 2. The topological polar surface area (TPSA) is 126 Å². The number of carboxylic acids is 1. The summed E-state index contributed by atoms with van der Waals surface area (Å²) in [6, 6.07) is 13.4. The van der Waals surface area contributed by atoms with Crippen LogP contribution in [-0.4, -0.2) is 49.4 Å². The summed E-state index contributed by atoms with van der Waals surface area (Å²) < 4.78 is 10.5. The molecule has 2 amide bonds. The maximum Gasteiger partial charge on any atom is 0.335 e. The molecule has 9 heteroatoms. The van der Waals surface area contributed by atoms with E-state index in [0.717, 1.165) is 5.56 Å². The molecule has 2 rings (SSSR count). The molecule has 0 aliphatic heterocycles. The van der Waals surface area contributed by atoms with E-state index in [1.54, 1.807) is 36.4 Å². The lowest BCUT2D eigenvalue weighted by Crippen LogP contribution is -2.39. The van der Waals surface area contributed by atoms with Crippen molar-refractivity contribution in [2.24, 2.45) is 5.10 Å².